The predicted octanol–water partition coefficient (Wildman–Crippen LogP) is 1.13. The van der Waals surface area contributed by atoms with Gasteiger partial charge in [-0.25, -0.2) is 4.79 Å². The molecule has 98 valence electrons. The number of esters is 1. The van der Waals surface area contributed by atoms with Gasteiger partial charge in [0.2, 0.25) is 5.91 Å². The lowest BCUT2D eigenvalue weighted by Gasteiger charge is -2.27. The largest absolute Gasteiger partial charge is 0.491 e. The average molecular weight is 251 g/mol. The number of methoxy groups -OCH3 is 1. The van der Waals surface area contributed by atoms with E-state index in [1.165, 1.54) is 14.0 Å². The van der Waals surface area contributed by atoms with E-state index in [0.717, 1.165) is 0 Å². The van der Waals surface area contributed by atoms with Crippen LogP contribution in [0.25, 0.3) is 0 Å². The summed E-state index contributed by atoms with van der Waals surface area (Å²) in [5, 5.41) is 2.54. The molecule has 0 aromatic heterocycles. The summed E-state index contributed by atoms with van der Waals surface area (Å²) in [7, 11) is 1.27. The van der Waals surface area contributed by atoms with E-state index in [-0.39, 0.29) is 12.5 Å². The van der Waals surface area contributed by atoms with Crippen molar-refractivity contribution >= 4 is 11.9 Å². The van der Waals surface area contributed by atoms with Gasteiger partial charge >= 0.3 is 5.97 Å². The van der Waals surface area contributed by atoms with Crippen molar-refractivity contribution in [2.45, 2.75) is 19.4 Å². The van der Waals surface area contributed by atoms with Gasteiger partial charge in [-0.15, -0.1) is 0 Å². The zero-order chi connectivity index (χ0) is 13.6. The summed E-state index contributed by atoms with van der Waals surface area (Å²) in [6, 6.07) is 9.05. The zero-order valence-corrected chi connectivity index (χ0v) is 10.7. The van der Waals surface area contributed by atoms with E-state index < -0.39 is 11.5 Å². The van der Waals surface area contributed by atoms with E-state index in [9.17, 15) is 9.59 Å². The summed E-state index contributed by atoms with van der Waals surface area (Å²) in [6.45, 7) is 2.90. The quantitative estimate of drug-likeness (QED) is 0.797. The fourth-order valence-electron chi connectivity index (χ4n) is 1.50. The third-order valence-corrected chi connectivity index (χ3v) is 2.36. The van der Waals surface area contributed by atoms with Crippen molar-refractivity contribution in [1.82, 2.24) is 5.32 Å². The molecule has 0 aliphatic carbocycles. The molecule has 1 atom stereocenters. The van der Waals surface area contributed by atoms with Gasteiger partial charge in [-0.2, -0.15) is 0 Å². The molecule has 1 aromatic carbocycles. The maximum Gasteiger partial charge on any atom is 0.334 e. The molecule has 0 aliphatic heterocycles. The van der Waals surface area contributed by atoms with Gasteiger partial charge in [0.25, 0.3) is 0 Å². The second-order valence-electron chi connectivity index (χ2n) is 4.11. The van der Waals surface area contributed by atoms with Crippen molar-refractivity contribution in [3.63, 3.8) is 0 Å². The summed E-state index contributed by atoms with van der Waals surface area (Å²) in [5.74, 6) is -0.244. The number of hydrogen-bond donors (Lipinski definition) is 1. The summed E-state index contributed by atoms with van der Waals surface area (Å²) < 4.78 is 10.2. The molecule has 18 heavy (non-hydrogen) atoms. The van der Waals surface area contributed by atoms with E-state index >= 15 is 0 Å². The molecule has 0 spiro atoms. The van der Waals surface area contributed by atoms with Crippen molar-refractivity contribution < 1.29 is 19.1 Å². The molecule has 5 heteroatoms. The summed E-state index contributed by atoms with van der Waals surface area (Å²) >= 11 is 0. The molecular formula is C13H17NO4. The van der Waals surface area contributed by atoms with E-state index in [1.54, 1.807) is 19.1 Å². The normalized spacial score (nSPS) is 13.3. The smallest absolute Gasteiger partial charge is 0.334 e. The number of hydrogen-bond acceptors (Lipinski definition) is 4. The molecule has 1 N–H and O–H groups in total. The molecular weight excluding hydrogens is 234 g/mol. The van der Waals surface area contributed by atoms with E-state index in [4.69, 9.17) is 4.74 Å². The first-order chi connectivity index (χ1) is 8.48. The Hall–Kier alpha value is -2.04. The van der Waals surface area contributed by atoms with Crippen molar-refractivity contribution in [3.8, 4) is 5.75 Å². The Morgan fingerprint density at radius 1 is 1.28 bits per heavy atom. The molecule has 0 saturated heterocycles. The first-order valence-electron chi connectivity index (χ1n) is 5.53. The number of nitrogens with one attached hydrogen (secondary N) is 1. The van der Waals surface area contributed by atoms with Crippen LogP contribution in [0.15, 0.2) is 30.3 Å². The van der Waals surface area contributed by atoms with Gasteiger partial charge in [-0.1, -0.05) is 18.2 Å². The first-order valence-corrected chi connectivity index (χ1v) is 5.53. The number of rotatable bonds is 5. The fraction of sp³-hybridized carbons (Fsp3) is 0.385. The van der Waals surface area contributed by atoms with Crippen LogP contribution in [0.5, 0.6) is 5.75 Å². The van der Waals surface area contributed by atoms with E-state index in [0.29, 0.717) is 5.75 Å². The second kappa shape index (κ2) is 6.05. The van der Waals surface area contributed by atoms with Crippen LogP contribution in [-0.2, 0) is 14.3 Å². The van der Waals surface area contributed by atoms with Crippen LogP contribution in [0, 0.1) is 0 Å². The first kappa shape index (κ1) is 14.0. The SMILES string of the molecule is COC(=O)[C@](C)(COc1ccccc1)NC(C)=O. The highest BCUT2D eigenvalue weighted by Gasteiger charge is 2.36. The minimum absolute atomic E-state index is 0.00324. The molecule has 5 nitrogen and oxygen atoms in total. The Labute approximate surface area is 106 Å². The van der Waals surface area contributed by atoms with Crippen LogP contribution in [0.4, 0.5) is 0 Å². The van der Waals surface area contributed by atoms with Gasteiger partial charge in [0.1, 0.15) is 12.4 Å². The number of para-hydroxylation sites is 1. The minimum atomic E-state index is -1.20. The average Bonchev–Trinajstić information content (AvgIpc) is 2.36. The Morgan fingerprint density at radius 3 is 2.39 bits per heavy atom. The number of amides is 1. The molecule has 0 bridgehead atoms. The highest BCUT2D eigenvalue weighted by atomic mass is 16.5. The highest BCUT2D eigenvalue weighted by molar-refractivity contribution is 5.86. The molecule has 1 aromatic rings. The molecule has 0 radical (unpaired) electrons. The monoisotopic (exact) mass is 251 g/mol. The third kappa shape index (κ3) is 3.76. The Morgan fingerprint density at radius 2 is 1.89 bits per heavy atom. The second-order valence-corrected chi connectivity index (χ2v) is 4.11. The van der Waals surface area contributed by atoms with Crippen molar-refractivity contribution in [2.24, 2.45) is 0 Å². The van der Waals surface area contributed by atoms with Gasteiger partial charge in [-0.05, 0) is 19.1 Å². The lowest BCUT2D eigenvalue weighted by molar-refractivity contribution is -0.151. The van der Waals surface area contributed by atoms with E-state index in [1.807, 2.05) is 18.2 Å². The Kier molecular flexibility index (Phi) is 4.71. The molecule has 0 saturated carbocycles. The van der Waals surface area contributed by atoms with Crippen LogP contribution in [0.3, 0.4) is 0 Å². The predicted molar refractivity (Wildman–Crippen MR) is 66.2 cm³/mol. The topological polar surface area (TPSA) is 64.6 Å². The van der Waals surface area contributed by atoms with Gasteiger partial charge in [0.05, 0.1) is 7.11 Å². The fourth-order valence-corrected chi connectivity index (χ4v) is 1.50. The lowest BCUT2D eigenvalue weighted by Crippen LogP contribution is -2.56. The number of benzene rings is 1. The molecule has 0 aliphatic rings. The van der Waals surface area contributed by atoms with Gasteiger partial charge in [0.15, 0.2) is 5.54 Å². The van der Waals surface area contributed by atoms with Crippen LogP contribution in [-0.4, -0.2) is 31.1 Å². The number of carbonyl (C=O) groups is 2. The molecule has 0 fully saturated rings. The number of carbonyl (C=O) groups excluding carboxylic acids is 2. The maximum absolute atomic E-state index is 11.7. The van der Waals surface area contributed by atoms with Crippen molar-refractivity contribution in [1.29, 1.82) is 0 Å². The van der Waals surface area contributed by atoms with Crippen LogP contribution < -0.4 is 10.1 Å². The van der Waals surface area contributed by atoms with Crippen LogP contribution in [0.2, 0.25) is 0 Å². The Balaban J connectivity index is 2.73. The zero-order valence-electron chi connectivity index (χ0n) is 10.7. The lowest BCUT2D eigenvalue weighted by atomic mass is 10.0. The van der Waals surface area contributed by atoms with Crippen LogP contribution in [0.1, 0.15) is 13.8 Å². The maximum atomic E-state index is 11.7. The standard InChI is InChI=1S/C13H17NO4/c1-10(15)14-13(2,12(16)17-3)9-18-11-7-5-4-6-8-11/h4-8H,9H2,1-3H3,(H,14,15)/t13-/m0/s1. The minimum Gasteiger partial charge on any atom is -0.491 e. The molecule has 1 amide bonds. The summed E-state index contributed by atoms with van der Waals surface area (Å²) in [6.07, 6.45) is 0. The van der Waals surface area contributed by atoms with Crippen LogP contribution >= 0.6 is 0 Å². The van der Waals surface area contributed by atoms with Crippen molar-refractivity contribution in [2.75, 3.05) is 13.7 Å². The number of ether oxygens (including phenoxy) is 2. The Bertz CT molecular complexity index is 418. The third-order valence-electron chi connectivity index (χ3n) is 2.36. The molecule has 1 rings (SSSR count). The van der Waals surface area contributed by atoms with Gasteiger partial charge in [0, 0.05) is 6.92 Å². The summed E-state index contributed by atoms with van der Waals surface area (Å²) in [4.78, 5) is 22.8. The van der Waals surface area contributed by atoms with E-state index in [2.05, 4.69) is 10.1 Å². The molecule has 0 heterocycles. The summed E-state index contributed by atoms with van der Waals surface area (Å²) in [5.41, 5.74) is -1.20. The molecule has 0 unspecified atom stereocenters. The van der Waals surface area contributed by atoms with Crippen molar-refractivity contribution in [3.05, 3.63) is 30.3 Å². The van der Waals surface area contributed by atoms with Gasteiger partial charge in [-0.3, -0.25) is 4.79 Å². The highest BCUT2D eigenvalue weighted by Crippen LogP contribution is 2.13. The van der Waals surface area contributed by atoms with Gasteiger partial charge < -0.3 is 14.8 Å².